The maximum Gasteiger partial charge on any atom is 0.224 e. The minimum atomic E-state index is -0.0554. The molecule has 0 bridgehead atoms. The number of methoxy groups -OCH3 is 2. The Morgan fingerprint density at radius 2 is 2.00 bits per heavy atom. The van der Waals surface area contributed by atoms with E-state index in [4.69, 9.17) is 15.2 Å². The van der Waals surface area contributed by atoms with Crippen molar-refractivity contribution >= 4 is 5.91 Å². The maximum atomic E-state index is 11.7. The molecule has 0 saturated carbocycles. The molecule has 5 heteroatoms. The molecule has 0 aliphatic heterocycles. The van der Waals surface area contributed by atoms with Gasteiger partial charge in [-0.3, -0.25) is 4.79 Å². The van der Waals surface area contributed by atoms with Gasteiger partial charge < -0.3 is 20.5 Å². The summed E-state index contributed by atoms with van der Waals surface area (Å²) in [7, 11) is 3.14. The zero-order valence-electron chi connectivity index (χ0n) is 11.0. The van der Waals surface area contributed by atoms with E-state index in [1.807, 2.05) is 13.0 Å². The van der Waals surface area contributed by atoms with Crippen molar-refractivity contribution in [1.82, 2.24) is 5.32 Å². The smallest absolute Gasteiger partial charge is 0.224 e. The van der Waals surface area contributed by atoms with Crippen molar-refractivity contribution in [2.24, 2.45) is 5.73 Å². The summed E-state index contributed by atoms with van der Waals surface area (Å²) in [6.45, 7) is 2.30. The van der Waals surface area contributed by atoms with Crippen LogP contribution in [0, 0.1) is 0 Å². The van der Waals surface area contributed by atoms with Crippen LogP contribution in [-0.2, 0) is 11.2 Å². The van der Waals surface area contributed by atoms with Gasteiger partial charge in [0.05, 0.1) is 20.6 Å². The lowest BCUT2D eigenvalue weighted by Crippen LogP contribution is -2.38. The first-order chi connectivity index (χ1) is 8.60. The molecule has 5 nitrogen and oxygen atoms in total. The second-order valence-corrected chi connectivity index (χ2v) is 4.07. The van der Waals surface area contributed by atoms with Gasteiger partial charge in [-0.05, 0) is 24.6 Å². The Morgan fingerprint density at radius 1 is 1.33 bits per heavy atom. The molecular weight excluding hydrogens is 232 g/mol. The van der Waals surface area contributed by atoms with Crippen LogP contribution < -0.4 is 20.5 Å². The molecular formula is C13H20N2O3. The highest BCUT2D eigenvalue weighted by Gasteiger charge is 2.09. The van der Waals surface area contributed by atoms with Crippen molar-refractivity contribution in [2.45, 2.75) is 19.4 Å². The van der Waals surface area contributed by atoms with Gasteiger partial charge in [-0.25, -0.2) is 0 Å². The van der Waals surface area contributed by atoms with Crippen molar-refractivity contribution in [2.75, 3.05) is 20.8 Å². The first-order valence-electron chi connectivity index (χ1n) is 5.81. The predicted molar refractivity (Wildman–Crippen MR) is 69.9 cm³/mol. The van der Waals surface area contributed by atoms with E-state index in [1.54, 1.807) is 26.4 Å². The molecule has 1 rings (SSSR count). The third-order valence-electron chi connectivity index (χ3n) is 2.57. The number of hydrogen-bond donors (Lipinski definition) is 2. The van der Waals surface area contributed by atoms with Gasteiger partial charge in [0.25, 0.3) is 0 Å². The Bertz CT molecular complexity index is 407. The quantitative estimate of drug-likeness (QED) is 0.782. The lowest BCUT2D eigenvalue weighted by molar-refractivity contribution is -0.120. The molecule has 0 fully saturated rings. The molecule has 0 spiro atoms. The number of ether oxygens (including phenoxy) is 2. The zero-order valence-corrected chi connectivity index (χ0v) is 11.0. The average Bonchev–Trinajstić information content (AvgIpc) is 2.38. The van der Waals surface area contributed by atoms with Crippen LogP contribution in [0.5, 0.6) is 11.5 Å². The summed E-state index contributed by atoms with van der Waals surface area (Å²) in [5.41, 5.74) is 6.32. The maximum absolute atomic E-state index is 11.7. The summed E-state index contributed by atoms with van der Waals surface area (Å²) in [4.78, 5) is 11.7. The topological polar surface area (TPSA) is 73.6 Å². The third-order valence-corrected chi connectivity index (χ3v) is 2.57. The number of carbonyl (C=O) groups is 1. The fourth-order valence-electron chi connectivity index (χ4n) is 1.56. The van der Waals surface area contributed by atoms with Crippen molar-refractivity contribution in [1.29, 1.82) is 0 Å². The van der Waals surface area contributed by atoms with Crippen LogP contribution in [0.2, 0.25) is 0 Å². The molecule has 1 aromatic rings. The van der Waals surface area contributed by atoms with Gasteiger partial charge >= 0.3 is 0 Å². The molecule has 0 aliphatic rings. The first-order valence-corrected chi connectivity index (χ1v) is 5.81. The number of nitrogens with two attached hydrogens (primary N) is 1. The lowest BCUT2D eigenvalue weighted by Gasteiger charge is -2.12. The van der Waals surface area contributed by atoms with E-state index in [2.05, 4.69) is 5.32 Å². The Kier molecular flexibility index (Phi) is 5.45. The molecule has 1 amide bonds. The first kappa shape index (κ1) is 14.3. The molecule has 3 N–H and O–H groups in total. The van der Waals surface area contributed by atoms with Gasteiger partial charge in [-0.2, -0.15) is 0 Å². The van der Waals surface area contributed by atoms with E-state index >= 15 is 0 Å². The van der Waals surface area contributed by atoms with Crippen LogP contribution in [-0.4, -0.2) is 32.7 Å². The molecule has 0 radical (unpaired) electrons. The average molecular weight is 252 g/mol. The number of benzene rings is 1. The molecule has 18 heavy (non-hydrogen) atoms. The highest BCUT2D eigenvalue weighted by atomic mass is 16.5. The van der Waals surface area contributed by atoms with Crippen molar-refractivity contribution in [3.05, 3.63) is 23.8 Å². The van der Waals surface area contributed by atoms with Crippen LogP contribution in [0.1, 0.15) is 12.5 Å². The van der Waals surface area contributed by atoms with E-state index in [0.29, 0.717) is 24.5 Å². The van der Waals surface area contributed by atoms with Crippen molar-refractivity contribution in [3.8, 4) is 11.5 Å². The Morgan fingerprint density at radius 3 is 2.56 bits per heavy atom. The summed E-state index contributed by atoms with van der Waals surface area (Å²) in [5, 5.41) is 2.81. The second-order valence-electron chi connectivity index (χ2n) is 4.07. The third kappa shape index (κ3) is 3.92. The summed E-state index contributed by atoms with van der Waals surface area (Å²) in [6, 6.07) is 5.41. The van der Waals surface area contributed by atoms with Gasteiger partial charge in [0, 0.05) is 12.6 Å². The Hall–Kier alpha value is -1.75. The fraction of sp³-hybridized carbons (Fsp3) is 0.462. The summed E-state index contributed by atoms with van der Waals surface area (Å²) in [5.74, 6) is 1.21. The van der Waals surface area contributed by atoms with E-state index in [1.165, 1.54) is 0 Å². The highest BCUT2D eigenvalue weighted by Crippen LogP contribution is 2.27. The molecule has 0 unspecified atom stereocenters. The fourth-order valence-corrected chi connectivity index (χ4v) is 1.56. The SMILES string of the molecule is COc1ccc(CC(=O)N[C@H](C)CN)cc1OC. The lowest BCUT2D eigenvalue weighted by atomic mass is 10.1. The van der Waals surface area contributed by atoms with Gasteiger partial charge in [0.15, 0.2) is 11.5 Å². The number of rotatable bonds is 6. The normalized spacial score (nSPS) is 11.8. The minimum Gasteiger partial charge on any atom is -0.493 e. The second kappa shape index (κ2) is 6.86. The van der Waals surface area contributed by atoms with Gasteiger partial charge in [-0.15, -0.1) is 0 Å². The van der Waals surface area contributed by atoms with Gasteiger partial charge in [-0.1, -0.05) is 6.07 Å². The van der Waals surface area contributed by atoms with E-state index < -0.39 is 0 Å². The van der Waals surface area contributed by atoms with Crippen molar-refractivity contribution in [3.63, 3.8) is 0 Å². The highest BCUT2D eigenvalue weighted by molar-refractivity contribution is 5.79. The zero-order chi connectivity index (χ0) is 13.5. The number of carbonyl (C=O) groups excluding carboxylic acids is 1. The number of hydrogen-bond acceptors (Lipinski definition) is 4. The predicted octanol–water partition coefficient (Wildman–Crippen LogP) is 0.710. The molecule has 0 heterocycles. The van der Waals surface area contributed by atoms with Crippen LogP contribution >= 0.6 is 0 Å². The van der Waals surface area contributed by atoms with Crippen LogP contribution in [0.15, 0.2) is 18.2 Å². The van der Waals surface area contributed by atoms with E-state index in [9.17, 15) is 4.79 Å². The Labute approximate surface area is 107 Å². The minimum absolute atomic E-state index is 0.0161. The number of nitrogens with one attached hydrogen (secondary N) is 1. The van der Waals surface area contributed by atoms with E-state index in [0.717, 1.165) is 5.56 Å². The molecule has 0 aromatic heterocycles. The molecule has 100 valence electrons. The summed E-state index contributed by atoms with van der Waals surface area (Å²) < 4.78 is 10.3. The standard InChI is InChI=1S/C13H20N2O3/c1-9(8-14)15-13(16)7-10-4-5-11(17-2)12(6-10)18-3/h4-6,9H,7-8,14H2,1-3H3,(H,15,16)/t9-/m1/s1. The molecule has 1 aromatic carbocycles. The Balaban J connectivity index is 2.70. The van der Waals surface area contributed by atoms with Crippen LogP contribution in [0.3, 0.4) is 0 Å². The van der Waals surface area contributed by atoms with Gasteiger partial charge in [0.1, 0.15) is 0 Å². The summed E-state index contributed by atoms with van der Waals surface area (Å²) >= 11 is 0. The van der Waals surface area contributed by atoms with Crippen LogP contribution in [0.25, 0.3) is 0 Å². The van der Waals surface area contributed by atoms with Gasteiger partial charge in [0.2, 0.25) is 5.91 Å². The van der Waals surface area contributed by atoms with Crippen molar-refractivity contribution < 1.29 is 14.3 Å². The molecule has 0 aliphatic carbocycles. The van der Waals surface area contributed by atoms with E-state index in [-0.39, 0.29) is 11.9 Å². The number of amides is 1. The van der Waals surface area contributed by atoms with Crippen LogP contribution in [0.4, 0.5) is 0 Å². The summed E-state index contributed by atoms with van der Waals surface area (Å²) in [6.07, 6.45) is 0.296. The monoisotopic (exact) mass is 252 g/mol. The molecule has 1 atom stereocenters. The largest absolute Gasteiger partial charge is 0.493 e. The molecule has 0 saturated heterocycles.